The molecule has 3 fully saturated rings. The molecule has 0 aliphatic carbocycles. The minimum absolute atomic E-state index is 0.0647. The number of aliphatic hydroxyl groups is 5. The highest BCUT2D eigenvalue weighted by Crippen LogP contribution is 2.40. The lowest BCUT2D eigenvalue weighted by atomic mass is 9.74. The van der Waals surface area contributed by atoms with Crippen LogP contribution in [0.4, 0.5) is 0 Å². The number of ether oxygens (including phenoxy) is 7. The number of rotatable bonds is 15. The predicted molar refractivity (Wildman–Crippen MR) is 261 cm³/mol. The van der Waals surface area contributed by atoms with Crippen molar-refractivity contribution in [1.29, 1.82) is 0 Å². The molecule has 19 nitrogen and oxygen atoms in total. The van der Waals surface area contributed by atoms with E-state index >= 15 is 0 Å². The van der Waals surface area contributed by atoms with Gasteiger partial charge in [-0.2, -0.15) is 0 Å². The SMILES string of the molecule is CCC[C@H]1OC(=O)[C@H](C)[C@@H](OC[C@H]2C[C@@](C)(OC)[C@@H](O)[C@H](C)O2)[C@H](C)[C@@H](O[C@@H]2O[C@H](C)C[C@H](N(C)Cc3cn(CCOc4cccc5ncccc45)nn3)[C@H]2O)[C@](C)(O)C[C@@H](C)C(=O)[C@H](C)[C@@H](O)[C@]1(C)O. The summed E-state index contributed by atoms with van der Waals surface area (Å²) in [5.41, 5.74) is -3.33. The molecule has 1 aromatic carbocycles. The fourth-order valence-corrected chi connectivity index (χ4v) is 11.1. The highest BCUT2D eigenvalue weighted by atomic mass is 16.7. The zero-order chi connectivity index (χ0) is 52.2. The monoisotopic (exact) mass is 1000 g/mol. The van der Waals surface area contributed by atoms with Gasteiger partial charge in [-0.3, -0.25) is 19.5 Å². The molecule has 5 heterocycles. The van der Waals surface area contributed by atoms with Crippen LogP contribution in [0.25, 0.3) is 10.9 Å². The van der Waals surface area contributed by atoms with E-state index in [0.29, 0.717) is 38.2 Å². The van der Waals surface area contributed by atoms with Gasteiger partial charge in [-0.15, -0.1) is 5.10 Å². The molecule has 5 N–H and O–H groups in total. The number of fused-ring (bicyclic) bond motifs is 1. The fourth-order valence-electron chi connectivity index (χ4n) is 11.1. The van der Waals surface area contributed by atoms with Gasteiger partial charge in [0.25, 0.3) is 0 Å². The Morgan fingerprint density at radius 2 is 1.68 bits per heavy atom. The average molecular weight is 1000 g/mol. The number of hydrogen-bond donors (Lipinski definition) is 5. The third-order valence-electron chi connectivity index (χ3n) is 15.4. The van der Waals surface area contributed by atoms with Crippen LogP contribution in [0.15, 0.2) is 42.7 Å². The maximum absolute atomic E-state index is 14.5. The number of hydrogen-bond acceptors (Lipinski definition) is 18. The lowest BCUT2D eigenvalue weighted by Gasteiger charge is -2.48. The first-order valence-electron chi connectivity index (χ1n) is 25.3. The number of carbonyl (C=O) groups excluding carboxylic acids is 2. The largest absolute Gasteiger partial charge is 0.491 e. The number of likely N-dealkylation sites (N-methyl/N-ethyl adjacent to an activating group) is 1. The Balaban J connectivity index is 1.26. The Bertz CT molecular complexity index is 2210. The number of methoxy groups -OCH3 is 1. The molecule has 19 heteroatoms. The van der Waals surface area contributed by atoms with Crippen molar-refractivity contribution in [3.8, 4) is 5.75 Å². The van der Waals surface area contributed by atoms with E-state index in [9.17, 15) is 35.1 Å². The zero-order valence-corrected chi connectivity index (χ0v) is 43.7. The molecule has 3 aliphatic heterocycles. The van der Waals surface area contributed by atoms with Crippen LogP contribution in [0.2, 0.25) is 0 Å². The van der Waals surface area contributed by atoms with E-state index in [2.05, 4.69) is 15.3 Å². The maximum Gasteiger partial charge on any atom is 0.311 e. The number of pyridine rings is 1. The van der Waals surface area contributed by atoms with Crippen LogP contribution < -0.4 is 4.74 Å². The van der Waals surface area contributed by atoms with Crippen LogP contribution in [0, 0.1) is 23.7 Å². The minimum atomic E-state index is -2.02. The quantitative estimate of drug-likeness (QED) is 0.135. The standard InChI is InChI=1S/C52H81N5O14/c1-13-16-41-52(10,64)45(60)31(4)42(58)29(2)24-50(8,63)47(32(5)44(33(6)48(62)70-41)67-28-36-25-51(9,65-12)46(61)34(7)69-36)71-49-43(59)39(23-30(3)68-49)56(11)26-35-27-57(55-54-35)21-22-66-40-19-14-18-38-37(40)17-15-20-53-38/h14-15,17-20,27,29-34,36,39,41,43-47,49,59-61,63-64H,13,16,21-26,28H2,1-12H3/t29-,30-,31+,32+,33-,34+,36-,39+,41-,43-,44+,45-,46+,47-,49+,50-,51-,52-/m1/s1. The molecule has 0 spiro atoms. The summed E-state index contributed by atoms with van der Waals surface area (Å²) in [4.78, 5) is 35.0. The van der Waals surface area contributed by atoms with E-state index < -0.39 is 119 Å². The van der Waals surface area contributed by atoms with Crippen molar-refractivity contribution in [3.05, 3.63) is 48.4 Å². The molecule has 2 aromatic heterocycles. The molecular formula is C52H81N5O14. The van der Waals surface area contributed by atoms with Crippen molar-refractivity contribution >= 4 is 22.7 Å². The molecule has 71 heavy (non-hydrogen) atoms. The second-order valence-corrected chi connectivity index (χ2v) is 21.3. The van der Waals surface area contributed by atoms with Crippen LogP contribution in [-0.2, 0) is 51.1 Å². The molecule has 18 atom stereocenters. The Hall–Kier alpha value is -3.73. The van der Waals surface area contributed by atoms with Crippen molar-refractivity contribution in [1.82, 2.24) is 24.9 Å². The summed E-state index contributed by atoms with van der Waals surface area (Å²) < 4.78 is 45.7. The van der Waals surface area contributed by atoms with E-state index in [4.69, 9.17) is 33.2 Å². The number of nitrogens with zero attached hydrogens (tertiary/aromatic N) is 5. The summed E-state index contributed by atoms with van der Waals surface area (Å²) in [6, 6.07) is 9.05. The summed E-state index contributed by atoms with van der Waals surface area (Å²) in [5, 5.41) is 69.0. The molecule has 0 amide bonds. The number of ketones is 1. The molecule has 0 radical (unpaired) electrons. The van der Waals surface area contributed by atoms with Crippen LogP contribution in [0.5, 0.6) is 5.75 Å². The topological polar surface area (TPSA) is 247 Å². The van der Waals surface area contributed by atoms with E-state index in [1.165, 1.54) is 27.9 Å². The number of aliphatic hydroxyl groups excluding tert-OH is 3. The van der Waals surface area contributed by atoms with Gasteiger partial charge >= 0.3 is 5.97 Å². The Labute approximate surface area is 418 Å². The molecule has 398 valence electrons. The number of aromatic nitrogens is 4. The van der Waals surface area contributed by atoms with Gasteiger partial charge < -0.3 is 58.7 Å². The molecule has 0 bridgehead atoms. The van der Waals surface area contributed by atoms with Gasteiger partial charge in [0.2, 0.25) is 0 Å². The van der Waals surface area contributed by atoms with Gasteiger partial charge in [-0.25, -0.2) is 4.68 Å². The van der Waals surface area contributed by atoms with E-state index in [1.807, 2.05) is 62.3 Å². The van der Waals surface area contributed by atoms with Crippen LogP contribution in [0.1, 0.15) is 107 Å². The normalized spacial score (nSPS) is 39.0. The van der Waals surface area contributed by atoms with Crippen LogP contribution in [-0.4, -0.2) is 174 Å². The van der Waals surface area contributed by atoms with Gasteiger partial charge in [0, 0.05) is 61.7 Å². The summed E-state index contributed by atoms with van der Waals surface area (Å²) >= 11 is 0. The maximum atomic E-state index is 14.5. The Morgan fingerprint density at radius 1 is 0.944 bits per heavy atom. The highest BCUT2D eigenvalue weighted by Gasteiger charge is 2.53. The van der Waals surface area contributed by atoms with Crippen molar-refractivity contribution < 1.29 is 68.3 Å². The third-order valence-corrected chi connectivity index (χ3v) is 15.4. The molecule has 0 saturated carbocycles. The van der Waals surface area contributed by atoms with E-state index in [0.717, 1.165) is 16.7 Å². The molecule has 3 aliphatic rings. The van der Waals surface area contributed by atoms with Gasteiger partial charge in [-0.05, 0) is 92.1 Å². The van der Waals surface area contributed by atoms with Gasteiger partial charge in [-0.1, -0.05) is 45.4 Å². The number of benzene rings is 1. The highest BCUT2D eigenvalue weighted by molar-refractivity contribution is 5.85. The molecule has 3 aromatic rings. The van der Waals surface area contributed by atoms with E-state index in [1.54, 1.807) is 45.5 Å². The molecule has 0 unspecified atom stereocenters. The first-order valence-corrected chi connectivity index (χ1v) is 25.3. The summed E-state index contributed by atoms with van der Waals surface area (Å²) in [7, 11) is 3.39. The van der Waals surface area contributed by atoms with Crippen molar-refractivity contribution in [3.63, 3.8) is 0 Å². The average Bonchev–Trinajstić information content (AvgIpc) is 3.78. The third kappa shape index (κ3) is 13.0. The second kappa shape index (κ2) is 23.6. The molecule has 6 rings (SSSR count). The van der Waals surface area contributed by atoms with Crippen LogP contribution in [0.3, 0.4) is 0 Å². The smallest absolute Gasteiger partial charge is 0.311 e. The number of carbonyl (C=O) groups is 2. The lowest BCUT2D eigenvalue weighted by molar-refractivity contribution is -0.302. The van der Waals surface area contributed by atoms with Crippen molar-refractivity contribution in [2.75, 3.05) is 27.4 Å². The summed E-state index contributed by atoms with van der Waals surface area (Å²) in [6.07, 6.45) is -5.48. The molecule has 3 saturated heterocycles. The number of cyclic esters (lactones) is 1. The minimum Gasteiger partial charge on any atom is -0.491 e. The van der Waals surface area contributed by atoms with Gasteiger partial charge in [0.05, 0.1) is 78.1 Å². The Kier molecular flexibility index (Phi) is 18.8. The van der Waals surface area contributed by atoms with Crippen molar-refractivity contribution in [2.24, 2.45) is 23.7 Å². The first kappa shape index (κ1) is 56.6. The van der Waals surface area contributed by atoms with Gasteiger partial charge in [0.1, 0.15) is 42.1 Å². The van der Waals surface area contributed by atoms with E-state index in [-0.39, 0.29) is 25.9 Å². The second-order valence-electron chi connectivity index (χ2n) is 21.3. The van der Waals surface area contributed by atoms with Crippen molar-refractivity contribution in [2.45, 2.75) is 199 Å². The molecular weight excluding hydrogens is 919 g/mol. The number of esters is 1. The lowest BCUT2D eigenvalue weighted by Crippen LogP contribution is -2.60. The van der Waals surface area contributed by atoms with Gasteiger partial charge in [0.15, 0.2) is 6.29 Å². The zero-order valence-electron chi connectivity index (χ0n) is 43.7. The summed E-state index contributed by atoms with van der Waals surface area (Å²) in [5.74, 6) is -4.36. The number of Topliss-reactive ketones (excluding diaryl/α,β-unsaturated/α-hetero) is 1. The first-order chi connectivity index (χ1) is 33.4. The Morgan fingerprint density at radius 3 is 2.38 bits per heavy atom. The fraction of sp³-hybridized carbons (Fsp3) is 0.750. The summed E-state index contributed by atoms with van der Waals surface area (Å²) in [6.45, 7) is 17.8. The predicted octanol–water partition coefficient (Wildman–Crippen LogP) is 4.01. The van der Waals surface area contributed by atoms with Crippen LogP contribution >= 0.6 is 0 Å².